The first-order valence-electron chi connectivity index (χ1n) is 12.5. The number of carboxylic acid groups (broad SMARTS) is 1. The molecule has 0 aliphatic heterocycles. The molecule has 0 bridgehead atoms. The van der Waals surface area contributed by atoms with E-state index in [4.69, 9.17) is 0 Å². The van der Waals surface area contributed by atoms with Gasteiger partial charge in [-0.25, -0.2) is 0 Å². The average Bonchev–Trinajstić information content (AvgIpc) is 2.65. The normalized spacial score (nSPS) is 10.7. The smallest absolute Gasteiger partial charge is 1.00 e. The maximum Gasteiger partial charge on any atom is 1.00 e. The number of aliphatic carboxylic acids is 1. The van der Waals surface area contributed by atoms with Crippen LogP contribution in [0.4, 0.5) is 0 Å². The predicted octanol–water partition coefficient (Wildman–Crippen LogP) is 0.665. The second-order valence-electron chi connectivity index (χ2n) is 9.47. The molecule has 0 saturated heterocycles. The Kier molecular flexibility index (Phi) is 38.5. The van der Waals surface area contributed by atoms with Crippen molar-refractivity contribution in [1.29, 1.82) is 0 Å². The van der Waals surface area contributed by atoms with Crippen LogP contribution in [0.2, 0.25) is 0 Å². The van der Waals surface area contributed by atoms with Crippen molar-refractivity contribution in [2.45, 2.75) is 123 Å². The second-order valence-corrected chi connectivity index (χ2v) is 9.47. The SMILES string of the molecule is CCCCCCCCC=CC(=O)[O-].CCCCCCCCCCCC[N+](C)(C)C.[Br-].[Na+]. The number of quaternary nitrogens is 1. The summed E-state index contributed by atoms with van der Waals surface area (Å²) in [7, 11) is 6.86. The monoisotopic (exact) mass is 513 g/mol. The molecule has 0 aliphatic carbocycles. The van der Waals surface area contributed by atoms with Crippen LogP contribution in [-0.2, 0) is 4.79 Å². The van der Waals surface area contributed by atoms with Gasteiger partial charge in [0.15, 0.2) is 0 Å². The number of halogens is 1. The van der Waals surface area contributed by atoms with Crippen LogP contribution < -0.4 is 51.6 Å². The molecule has 0 aromatic heterocycles. The van der Waals surface area contributed by atoms with Crippen molar-refractivity contribution < 1.29 is 60.9 Å². The number of nitrogens with zero attached hydrogens (tertiary/aromatic N) is 1. The van der Waals surface area contributed by atoms with Crippen molar-refractivity contribution in [3.63, 3.8) is 0 Å². The fourth-order valence-electron chi connectivity index (χ4n) is 3.30. The molecule has 182 valence electrons. The van der Waals surface area contributed by atoms with Gasteiger partial charge in [-0.2, -0.15) is 0 Å². The number of carboxylic acids is 1. The largest absolute Gasteiger partial charge is 1.00 e. The summed E-state index contributed by atoms with van der Waals surface area (Å²) in [4.78, 5) is 9.98. The second kappa shape index (κ2) is 30.6. The van der Waals surface area contributed by atoms with Gasteiger partial charge >= 0.3 is 29.6 Å². The minimum Gasteiger partial charge on any atom is -1.00 e. The van der Waals surface area contributed by atoms with E-state index in [1.54, 1.807) is 6.08 Å². The molecule has 0 aromatic rings. The molecule has 0 fully saturated rings. The summed E-state index contributed by atoms with van der Waals surface area (Å²) in [6, 6.07) is 0. The number of hydrogen-bond donors (Lipinski definition) is 0. The molecule has 0 saturated carbocycles. The zero-order chi connectivity index (χ0) is 22.2. The topological polar surface area (TPSA) is 40.1 Å². The Hall–Kier alpha value is 0.650. The number of carbonyl (C=O) groups is 1. The van der Waals surface area contributed by atoms with Crippen LogP contribution in [0.3, 0.4) is 0 Å². The van der Waals surface area contributed by atoms with Gasteiger partial charge in [-0.1, -0.05) is 103 Å². The standard InChI is InChI=1S/C15H34N.C11H20O2.BrH.Na/c1-5-6-7-8-9-10-11-12-13-14-15-16(2,3)4;1-2-3-4-5-6-7-8-9-10-11(12)13;;/h5-15H2,1-4H3;9-10H,2-8H2,1H3,(H,12,13);1H;/q+1;;;+1/p-2. The van der Waals surface area contributed by atoms with Gasteiger partial charge in [-0.05, 0) is 31.8 Å². The van der Waals surface area contributed by atoms with Gasteiger partial charge in [-0.15, -0.1) is 0 Å². The van der Waals surface area contributed by atoms with E-state index >= 15 is 0 Å². The molecule has 0 N–H and O–H groups in total. The predicted molar refractivity (Wildman–Crippen MR) is 127 cm³/mol. The van der Waals surface area contributed by atoms with E-state index < -0.39 is 5.97 Å². The number of allylic oxidation sites excluding steroid dienone is 1. The molecular weight excluding hydrogens is 461 g/mol. The van der Waals surface area contributed by atoms with Gasteiger partial charge in [-0.3, -0.25) is 0 Å². The number of rotatable bonds is 19. The van der Waals surface area contributed by atoms with E-state index in [2.05, 4.69) is 35.0 Å². The number of unbranched alkanes of at least 4 members (excludes halogenated alkanes) is 15. The molecular formula is C26H53BrNNaO2. The van der Waals surface area contributed by atoms with Crippen molar-refractivity contribution in [1.82, 2.24) is 0 Å². The molecule has 0 rings (SSSR count). The molecule has 0 aliphatic rings. The number of carbonyl (C=O) groups excluding carboxylic acids is 1. The molecule has 0 atom stereocenters. The van der Waals surface area contributed by atoms with E-state index in [0.717, 1.165) is 23.4 Å². The summed E-state index contributed by atoms with van der Waals surface area (Å²) in [5, 5.41) is 9.98. The zero-order valence-corrected chi connectivity index (χ0v) is 25.6. The quantitative estimate of drug-likeness (QED) is 0.110. The molecule has 0 radical (unpaired) electrons. The van der Waals surface area contributed by atoms with Crippen molar-refractivity contribution in [2.24, 2.45) is 0 Å². The molecule has 5 heteroatoms. The maximum atomic E-state index is 9.98. The minimum atomic E-state index is -1.09. The summed E-state index contributed by atoms with van der Waals surface area (Å²) in [6.07, 6.45) is 25.5. The number of hydrogen-bond acceptors (Lipinski definition) is 2. The Morgan fingerprint density at radius 1 is 0.677 bits per heavy atom. The molecule has 0 aromatic carbocycles. The van der Waals surface area contributed by atoms with Gasteiger partial charge in [0.1, 0.15) is 0 Å². The summed E-state index contributed by atoms with van der Waals surface area (Å²) in [6.45, 7) is 5.81. The molecule has 0 amide bonds. The van der Waals surface area contributed by atoms with E-state index in [-0.39, 0.29) is 46.5 Å². The molecule has 0 spiro atoms. The van der Waals surface area contributed by atoms with Crippen LogP contribution >= 0.6 is 0 Å². The third-order valence-corrected chi connectivity index (χ3v) is 5.16. The van der Waals surface area contributed by atoms with Gasteiger partial charge < -0.3 is 31.4 Å². The Morgan fingerprint density at radius 3 is 1.39 bits per heavy atom. The first-order chi connectivity index (χ1) is 13.8. The third kappa shape index (κ3) is 45.0. The summed E-state index contributed by atoms with van der Waals surface area (Å²) in [5.74, 6) is -1.09. The van der Waals surface area contributed by atoms with Crippen molar-refractivity contribution >= 4 is 5.97 Å². The maximum absolute atomic E-state index is 9.98. The minimum absolute atomic E-state index is 0. The molecule has 0 heterocycles. The van der Waals surface area contributed by atoms with Crippen molar-refractivity contribution in [3.05, 3.63) is 12.2 Å². The van der Waals surface area contributed by atoms with Crippen LogP contribution in [0.5, 0.6) is 0 Å². The summed E-state index contributed by atoms with van der Waals surface area (Å²) in [5.41, 5.74) is 0. The average molecular weight is 515 g/mol. The summed E-state index contributed by atoms with van der Waals surface area (Å²) < 4.78 is 1.12. The fraction of sp³-hybridized carbons (Fsp3) is 0.885. The van der Waals surface area contributed by atoms with Crippen LogP contribution in [0.15, 0.2) is 12.2 Å². The van der Waals surface area contributed by atoms with Crippen molar-refractivity contribution in [3.8, 4) is 0 Å². The van der Waals surface area contributed by atoms with Crippen LogP contribution in [0.25, 0.3) is 0 Å². The fourth-order valence-corrected chi connectivity index (χ4v) is 3.30. The Bertz CT molecular complexity index is 371. The Balaban J connectivity index is -0.000000225. The van der Waals surface area contributed by atoms with E-state index in [9.17, 15) is 9.90 Å². The Morgan fingerprint density at radius 2 is 1.03 bits per heavy atom. The van der Waals surface area contributed by atoms with E-state index in [1.165, 1.54) is 103 Å². The third-order valence-electron chi connectivity index (χ3n) is 5.16. The molecule has 0 unspecified atom stereocenters. The molecule has 3 nitrogen and oxygen atoms in total. The Labute approximate surface area is 228 Å². The van der Waals surface area contributed by atoms with Gasteiger partial charge in [0.05, 0.1) is 33.7 Å². The van der Waals surface area contributed by atoms with Crippen LogP contribution in [0.1, 0.15) is 123 Å². The first-order valence-corrected chi connectivity index (χ1v) is 12.5. The van der Waals surface area contributed by atoms with Crippen LogP contribution in [-0.4, -0.2) is 38.1 Å². The molecule has 31 heavy (non-hydrogen) atoms. The van der Waals surface area contributed by atoms with Gasteiger partial charge in [0, 0.05) is 0 Å². The van der Waals surface area contributed by atoms with E-state index in [0.29, 0.717) is 0 Å². The van der Waals surface area contributed by atoms with Crippen LogP contribution in [0, 0.1) is 0 Å². The zero-order valence-electron chi connectivity index (χ0n) is 22.0. The van der Waals surface area contributed by atoms with Crippen molar-refractivity contribution in [2.75, 3.05) is 27.7 Å². The summed E-state index contributed by atoms with van der Waals surface area (Å²) >= 11 is 0. The van der Waals surface area contributed by atoms with Gasteiger partial charge in [0.25, 0.3) is 0 Å². The van der Waals surface area contributed by atoms with Gasteiger partial charge in [0.2, 0.25) is 0 Å². The van der Waals surface area contributed by atoms with E-state index in [1.807, 2.05) is 0 Å². The first kappa shape index (κ1) is 38.9.